The number of carbonyl (C=O) groups excluding carboxylic acids is 1. The number of hydrogen-bond donors (Lipinski definition) is 1. The molecule has 8 heteroatoms. The van der Waals surface area contributed by atoms with Gasteiger partial charge in [0.25, 0.3) is 5.91 Å². The van der Waals surface area contributed by atoms with Crippen LogP contribution in [0, 0.1) is 6.92 Å². The second-order valence-electron chi connectivity index (χ2n) is 8.93. The molecule has 1 amide bonds. The van der Waals surface area contributed by atoms with Crippen LogP contribution in [0.3, 0.4) is 0 Å². The van der Waals surface area contributed by atoms with Gasteiger partial charge >= 0.3 is 0 Å². The SMILES string of the molecule is Cc1ccc2c(c1)C1CCC(CC1)OCC1C(NS(C)(=O)=O)CCCN1C(=O)CO2. The van der Waals surface area contributed by atoms with E-state index in [1.54, 1.807) is 4.90 Å². The molecule has 1 saturated carbocycles. The van der Waals surface area contributed by atoms with E-state index in [0.29, 0.717) is 25.5 Å². The quantitative estimate of drug-likeness (QED) is 0.769. The van der Waals surface area contributed by atoms with Crippen molar-refractivity contribution in [3.63, 3.8) is 0 Å². The molecule has 0 radical (unpaired) electrons. The number of ether oxygens (including phenoxy) is 2. The molecule has 166 valence electrons. The lowest BCUT2D eigenvalue weighted by atomic mass is 9.82. The molecule has 0 aromatic heterocycles. The number of fused-ring (bicyclic) bond motifs is 5. The van der Waals surface area contributed by atoms with Crippen LogP contribution in [0.4, 0.5) is 0 Å². The lowest BCUT2D eigenvalue weighted by Gasteiger charge is -2.41. The standard InChI is InChI=1S/C22H32N2O5S/c1-15-5-10-21-18(12-15)16-6-8-17(9-7-16)28-13-20-19(23-30(2,26)27)4-3-11-24(20)22(25)14-29-21/h5,10,12,16-17,19-20,23H,3-4,6-9,11,13-14H2,1-2H3. The van der Waals surface area contributed by atoms with Crippen molar-refractivity contribution in [3.8, 4) is 5.75 Å². The average molecular weight is 437 g/mol. The van der Waals surface area contributed by atoms with Gasteiger partial charge in [0.05, 0.1) is 25.0 Å². The summed E-state index contributed by atoms with van der Waals surface area (Å²) in [5, 5.41) is 0. The van der Waals surface area contributed by atoms with Gasteiger partial charge in [-0.2, -0.15) is 0 Å². The first-order chi connectivity index (χ1) is 14.3. The maximum atomic E-state index is 13.1. The minimum Gasteiger partial charge on any atom is -0.483 e. The maximum Gasteiger partial charge on any atom is 0.260 e. The van der Waals surface area contributed by atoms with Crippen LogP contribution < -0.4 is 9.46 Å². The largest absolute Gasteiger partial charge is 0.483 e. The molecule has 4 aliphatic rings. The molecule has 2 fully saturated rings. The van der Waals surface area contributed by atoms with E-state index in [2.05, 4.69) is 17.7 Å². The van der Waals surface area contributed by atoms with Gasteiger partial charge in [-0.15, -0.1) is 0 Å². The Hall–Kier alpha value is -1.64. The fraction of sp³-hybridized carbons (Fsp3) is 0.682. The second kappa shape index (κ2) is 8.85. The molecule has 1 saturated heterocycles. The first-order valence-corrected chi connectivity index (χ1v) is 12.8. The number of hydrogen-bond acceptors (Lipinski definition) is 5. The molecule has 1 aliphatic carbocycles. The number of nitrogens with zero attached hydrogens (tertiary/aromatic N) is 1. The fourth-order valence-electron chi connectivity index (χ4n) is 5.10. The third-order valence-electron chi connectivity index (χ3n) is 6.60. The summed E-state index contributed by atoms with van der Waals surface area (Å²) in [6.45, 7) is 2.97. The van der Waals surface area contributed by atoms with Gasteiger partial charge in [-0.3, -0.25) is 4.79 Å². The van der Waals surface area contributed by atoms with Crippen molar-refractivity contribution >= 4 is 15.9 Å². The second-order valence-corrected chi connectivity index (χ2v) is 10.7. The Bertz CT molecular complexity index is 880. The van der Waals surface area contributed by atoms with E-state index in [9.17, 15) is 13.2 Å². The molecular formula is C22H32N2O5S. The number of benzene rings is 1. The van der Waals surface area contributed by atoms with Crippen LogP contribution in [0.25, 0.3) is 0 Å². The smallest absolute Gasteiger partial charge is 0.260 e. The molecule has 7 nitrogen and oxygen atoms in total. The molecule has 3 aliphatic heterocycles. The zero-order valence-electron chi connectivity index (χ0n) is 17.8. The summed E-state index contributed by atoms with van der Waals surface area (Å²) in [6, 6.07) is 5.52. The highest BCUT2D eigenvalue weighted by atomic mass is 32.2. The zero-order chi connectivity index (χ0) is 21.3. The predicted molar refractivity (Wildman–Crippen MR) is 114 cm³/mol. The Morgan fingerprint density at radius 1 is 1.13 bits per heavy atom. The molecule has 5 rings (SSSR count). The molecule has 2 bridgehead atoms. The molecule has 2 atom stereocenters. The van der Waals surface area contributed by atoms with Crippen molar-refractivity contribution in [1.29, 1.82) is 0 Å². The van der Waals surface area contributed by atoms with Crippen molar-refractivity contribution in [1.82, 2.24) is 9.62 Å². The van der Waals surface area contributed by atoms with Crippen LogP contribution in [0.2, 0.25) is 0 Å². The Morgan fingerprint density at radius 2 is 1.90 bits per heavy atom. The fourth-order valence-corrected chi connectivity index (χ4v) is 5.93. The normalized spacial score (nSPS) is 30.3. The summed E-state index contributed by atoms with van der Waals surface area (Å²) < 4.78 is 38.8. The van der Waals surface area contributed by atoms with Crippen LogP contribution in [0.15, 0.2) is 18.2 Å². The number of rotatable bonds is 2. The summed E-state index contributed by atoms with van der Waals surface area (Å²) in [7, 11) is -3.38. The van der Waals surface area contributed by atoms with Gasteiger partial charge in [0.2, 0.25) is 10.0 Å². The van der Waals surface area contributed by atoms with E-state index in [1.807, 2.05) is 12.1 Å². The minimum absolute atomic E-state index is 0.0473. The third kappa shape index (κ3) is 4.98. The molecule has 2 unspecified atom stereocenters. The number of sulfonamides is 1. The summed E-state index contributed by atoms with van der Waals surface area (Å²) in [4.78, 5) is 14.8. The molecule has 3 heterocycles. The summed E-state index contributed by atoms with van der Waals surface area (Å²) in [6.07, 6.45) is 6.73. The maximum absolute atomic E-state index is 13.1. The van der Waals surface area contributed by atoms with Gasteiger partial charge in [0.1, 0.15) is 5.75 Å². The third-order valence-corrected chi connectivity index (χ3v) is 7.33. The van der Waals surface area contributed by atoms with Crippen LogP contribution in [0.1, 0.15) is 55.6 Å². The highest BCUT2D eigenvalue weighted by Crippen LogP contribution is 2.39. The van der Waals surface area contributed by atoms with Gasteiger partial charge in [0, 0.05) is 12.6 Å². The van der Waals surface area contributed by atoms with E-state index in [1.165, 1.54) is 11.1 Å². The summed E-state index contributed by atoms with van der Waals surface area (Å²) in [5.74, 6) is 1.08. The predicted octanol–water partition coefficient (Wildman–Crippen LogP) is 2.34. The average Bonchev–Trinajstić information content (AvgIpc) is 2.71. The van der Waals surface area contributed by atoms with Crippen molar-refractivity contribution in [3.05, 3.63) is 29.3 Å². The molecule has 0 spiro atoms. The van der Waals surface area contributed by atoms with Gasteiger partial charge < -0.3 is 14.4 Å². The van der Waals surface area contributed by atoms with Gasteiger partial charge in [0.15, 0.2) is 6.61 Å². The molecule has 1 aromatic rings. The topological polar surface area (TPSA) is 84.9 Å². The van der Waals surface area contributed by atoms with Crippen molar-refractivity contribution in [2.24, 2.45) is 0 Å². The minimum atomic E-state index is -3.38. The van der Waals surface area contributed by atoms with Gasteiger partial charge in [-0.25, -0.2) is 13.1 Å². The molecule has 1 N–H and O–H groups in total. The highest BCUT2D eigenvalue weighted by Gasteiger charge is 2.37. The number of carbonyl (C=O) groups is 1. The van der Waals surface area contributed by atoms with Crippen LogP contribution in [0.5, 0.6) is 5.75 Å². The van der Waals surface area contributed by atoms with E-state index >= 15 is 0 Å². The highest BCUT2D eigenvalue weighted by molar-refractivity contribution is 7.88. The van der Waals surface area contributed by atoms with Crippen molar-refractivity contribution in [2.75, 3.05) is 26.0 Å². The van der Waals surface area contributed by atoms with Gasteiger partial charge in [-0.05, 0) is 63.0 Å². The van der Waals surface area contributed by atoms with E-state index in [0.717, 1.165) is 44.1 Å². The Labute approximate surface area is 179 Å². The van der Waals surface area contributed by atoms with Crippen molar-refractivity contribution in [2.45, 2.75) is 69.6 Å². The number of piperidine rings is 1. The Kier molecular flexibility index (Phi) is 6.36. The van der Waals surface area contributed by atoms with Crippen molar-refractivity contribution < 1.29 is 22.7 Å². The van der Waals surface area contributed by atoms with E-state index in [-0.39, 0.29) is 30.7 Å². The first-order valence-electron chi connectivity index (χ1n) is 10.9. The van der Waals surface area contributed by atoms with E-state index in [4.69, 9.17) is 9.47 Å². The summed E-state index contributed by atoms with van der Waals surface area (Å²) in [5.41, 5.74) is 2.38. The Morgan fingerprint density at radius 3 is 2.63 bits per heavy atom. The first kappa shape index (κ1) is 21.6. The van der Waals surface area contributed by atoms with Crippen LogP contribution in [-0.4, -0.2) is 63.4 Å². The lowest BCUT2D eigenvalue weighted by molar-refractivity contribution is -0.140. The zero-order valence-corrected chi connectivity index (χ0v) is 18.6. The summed E-state index contributed by atoms with van der Waals surface area (Å²) >= 11 is 0. The monoisotopic (exact) mass is 436 g/mol. The van der Waals surface area contributed by atoms with Gasteiger partial charge in [-0.1, -0.05) is 17.7 Å². The van der Waals surface area contributed by atoms with Crippen LogP contribution >= 0.6 is 0 Å². The molecule has 30 heavy (non-hydrogen) atoms. The Balaban J connectivity index is 1.62. The number of amides is 1. The van der Waals surface area contributed by atoms with E-state index < -0.39 is 10.0 Å². The van der Waals surface area contributed by atoms with Crippen LogP contribution in [-0.2, 0) is 19.6 Å². The number of aryl methyl sites for hydroxylation is 1. The number of nitrogens with one attached hydrogen (secondary N) is 1. The lowest BCUT2D eigenvalue weighted by Crippen LogP contribution is -2.59. The molecular weight excluding hydrogens is 404 g/mol. The molecule has 1 aromatic carbocycles.